The smallest absolute Gasteiger partial charge is 0.407 e. The van der Waals surface area contributed by atoms with Crippen LogP contribution in [0.25, 0.3) is 11.1 Å². The number of alkyl carbamates (subject to hydrolysis) is 1. The summed E-state index contributed by atoms with van der Waals surface area (Å²) in [4.78, 5) is 37.6. The second kappa shape index (κ2) is 11.5. The van der Waals surface area contributed by atoms with Crippen molar-refractivity contribution in [2.45, 2.75) is 51.0 Å². The minimum atomic E-state index is -0.843. The van der Waals surface area contributed by atoms with E-state index >= 15 is 0 Å². The molecule has 1 aliphatic rings. The maximum absolute atomic E-state index is 12.8. The van der Waals surface area contributed by atoms with Crippen molar-refractivity contribution in [1.82, 2.24) is 10.2 Å². The predicted molar refractivity (Wildman–Crippen MR) is 126 cm³/mol. The summed E-state index contributed by atoms with van der Waals surface area (Å²) in [5, 5.41) is 11.5. The van der Waals surface area contributed by atoms with E-state index in [0.717, 1.165) is 28.7 Å². The first-order valence-electron chi connectivity index (χ1n) is 11.5. The first-order valence-corrected chi connectivity index (χ1v) is 11.5. The number of fused-ring (bicyclic) bond motifs is 3. The Morgan fingerprint density at radius 3 is 2.21 bits per heavy atom. The predicted octanol–water partition coefficient (Wildman–Crippen LogP) is 4.41. The number of rotatable bonds is 11. The number of ether oxygens (including phenoxy) is 1. The molecule has 0 saturated carbocycles. The molecule has 0 bridgehead atoms. The SMILES string of the molecule is CCCC(NC(=O)OCC1c2ccccc2-c2ccccc21)C(=O)N(C)CCCCC(=O)O. The number of amides is 2. The van der Waals surface area contributed by atoms with Gasteiger partial charge in [-0.15, -0.1) is 0 Å². The van der Waals surface area contributed by atoms with Gasteiger partial charge in [0, 0.05) is 25.9 Å². The molecule has 1 unspecified atom stereocenters. The molecule has 1 aliphatic carbocycles. The number of hydrogen-bond acceptors (Lipinski definition) is 4. The number of benzene rings is 2. The van der Waals surface area contributed by atoms with Crippen LogP contribution in [0.4, 0.5) is 4.79 Å². The monoisotopic (exact) mass is 452 g/mol. The number of nitrogens with one attached hydrogen (secondary N) is 1. The van der Waals surface area contributed by atoms with Gasteiger partial charge in [0.1, 0.15) is 12.6 Å². The molecule has 7 nitrogen and oxygen atoms in total. The average molecular weight is 453 g/mol. The van der Waals surface area contributed by atoms with Crippen molar-refractivity contribution in [1.29, 1.82) is 0 Å². The summed E-state index contributed by atoms with van der Waals surface area (Å²) >= 11 is 0. The molecular formula is C26H32N2O5. The second-order valence-electron chi connectivity index (χ2n) is 8.42. The van der Waals surface area contributed by atoms with Gasteiger partial charge in [0.05, 0.1) is 0 Å². The highest BCUT2D eigenvalue weighted by atomic mass is 16.5. The fourth-order valence-corrected chi connectivity index (χ4v) is 4.33. The standard InChI is InChI=1S/C26H32N2O5/c1-3-10-23(25(31)28(2)16-9-8-15-24(29)30)27-26(32)33-17-22-20-13-6-4-11-18(20)19-12-5-7-14-21(19)22/h4-7,11-14,22-23H,3,8-10,15-17H2,1-2H3,(H,27,32)(H,29,30). The summed E-state index contributed by atoms with van der Waals surface area (Å²) in [7, 11) is 1.67. The molecule has 176 valence electrons. The Morgan fingerprint density at radius 1 is 1.03 bits per heavy atom. The Labute approximate surface area is 194 Å². The van der Waals surface area contributed by atoms with Gasteiger partial charge in [0.15, 0.2) is 0 Å². The van der Waals surface area contributed by atoms with Gasteiger partial charge in [0.25, 0.3) is 0 Å². The van der Waals surface area contributed by atoms with Crippen LogP contribution in [-0.2, 0) is 14.3 Å². The van der Waals surface area contributed by atoms with Crippen LogP contribution in [0.3, 0.4) is 0 Å². The largest absolute Gasteiger partial charge is 0.481 e. The van der Waals surface area contributed by atoms with Crippen molar-refractivity contribution in [2.24, 2.45) is 0 Å². The van der Waals surface area contributed by atoms with E-state index in [1.165, 1.54) is 0 Å². The van der Waals surface area contributed by atoms with Crippen LogP contribution in [0.2, 0.25) is 0 Å². The average Bonchev–Trinajstić information content (AvgIpc) is 3.13. The maximum atomic E-state index is 12.8. The molecule has 0 radical (unpaired) electrons. The Kier molecular flexibility index (Phi) is 8.46. The lowest BCUT2D eigenvalue weighted by molar-refractivity contribution is -0.137. The molecule has 0 aliphatic heterocycles. The van der Waals surface area contributed by atoms with Crippen LogP contribution in [0.1, 0.15) is 56.1 Å². The third-order valence-electron chi connectivity index (χ3n) is 6.02. The van der Waals surface area contributed by atoms with Crippen molar-refractivity contribution >= 4 is 18.0 Å². The van der Waals surface area contributed by atoms with Gasteiger partial charge < -0.3 is 20.1 Å². The van der Waals surface area contributed by atoms with E-state index in [2.05, 4.69) is 29.6 Å². The Balaban J connectivity index is 1.57. The highest BCUT2D eigenvalue weighted by Crippen LogP contribution is 2.44. The fourth-order valence-electron chi connectivity index (χ4n) is 4.33. The summed E-state index contributed by atoms with van der Waals surface area (Å²) in [5.41, 5.74) is 4.58. The topological polar surface area (TPSA) is 95.9 Å². The zero-order chi connectivity index (χ0) is 23.8. The van der Waals surface area contributed by atoms with Crippen molar-refractivity contribution in [3.8, 4) is 11.1 Å². The van der Waals surface area contributed by atoms with Gasteiger partial charge in [-0.3, -0.25) is 9.59 Å². The second-order valence-corrected chi connectivity index (χ2v) is 8.42. The highest BCUT2D eigenvalue weighted by molar-refractivity contribution is 5.85. The Morgan fingerprint density at radius 2 is 1.64 bits per heavy atom. The molecule has 3 rings (SSSR count). The van der Waals surface area contributed by atoms with Crippen LogP contribution >= 0.6 is 0 Å². The summed E-state index contributed by atoms with van der Waals surface area (Å²) in [5.74, 6) is -1.08. The molecule has 0 aromatic heterocycles. The number of hydrogen-bond donors (Lipinski definition) is 2. The minimum absolute atomic E-state index is 0.0413. The third-order valence-corrected chi connectivity index (χ3v) is 6.02. The molecule has 2 amide bonds. The van der Waals surface area contributed by atoms with Gasteiger partial charge in [-0.1, -0.05) is 61.9 Å². The van der Waals surface area contributed by atoms with Crippen LogP contribution in [0, 0.1) is 0 Å². The molecule has 2 aromatic carbocycles. The minimum Gasteiger partial charge on any atom is -0.481 e. The lowest BCUT2D eigenvalue weighted by Crippen LogP contribution is -2.47. The van der Waals surface area contributed by atoms with E-state index < -0.39 is 18.1 Å². The number of nitrogens with zero attached hydrogens (tertiary/aromatic N) is 1. The number of carboxylic acids is 1. The molecule has 7 heteroatoms. The lowest BCUT2D eigenvalue weighted by Gasteiger charge is -2.24. The molecular weight excluding hydrogens is 420 g/mol. The van der Waals surface area contributed by atoms with Crippen molar-refractivity contribution in [2.75, 3.05) is 20.2 Å². The van der Waals surface area contributed by atoms with Crippen molar-refractivity contribution in [3.63, 3.8) is 0 Å². The molecule has 2 N–H and O–H groups in total. The van der Waals surface area contributed by atoms with Crippen LogP contribution in [0.5, 0.6) is 0 Å². The molecule has 0 fully saturated rings. The van der Waals surface area contributed by atoms with Gasteiger partial charge in [-0.2, -0.15) is 0 Å². The van der Waals surface area contributed by atoms with Gasteiger partial charge in [-0.05, 0) is 41.5 Å². The Bertz CT molecular complexity index is 945. The first kappa shape index (κ1) is 24.3. The number of aliphatic carboxylic acids is 1. The van der Waals surface area contributed by atoms with E-state index in [-0.39, 0.29) is 24.9 Å². The van der Waals surface area contributed by atoms with E-state index in [9.17, 15) is 14.4 Å². The van der Waals surface area contributed by atoms with Crippen LogP contribution in [0.15, 0.2) is 48.5 Å². The number of carboxylic acid groups (broad SMARTS) is 1. The molecule has 0 saturated heterocycles. The van der Waals surface area contributed by atoms with E-state index in [1.54, 1.807) is 11.9 Å². The van der Waals surface area contributed by atoms with Crippen LogP contribution < -0.4 is 5.32 Å². The van der Waals surface area contributed by atoms with E-state index in [0.29, 0.717) is 25.8 Å². The number of carbonyl (C=O) groups excluding carboxylic acids is 2. The highest BCUT2D eigenvalue weighted by Gasteiger charge is 2.30. The summed E-state index contributed by atoms with van der Waals surface area (Å²) in [6, 6.07) is 15.6. The number of carbonyl (C=O) groups is 3. The molecule has 1 atom stereocenters. The van der Waals surface area contributed by atoms with Gasteiger partial charge in [-0.25, -0.2) is 4.79 Å². The Hall–Kier alpha value is -3.35. The van der Waals surface area contributed by atoms with Crippen molar-refractivity contribution < 1.29 is 24.2 Å². The first-order chi connectivity index (χ1) is 15.9. The summed E-state index contributed by atoms with van der Waals surface area (Å²) in [6.07, 6.45) is 1.81. The zero-order valence-electron chi connectivity index (χ0n) is 19.3. The third kappa shape index (κ3) is 6.12. The van der Waals surface area contributed by atoms with Crippen LogP contribution in [-0.4, -0.2) is 54.2 Å². The quantitative estimate of drug-likeness (QED) is 0.493. The zero-order valence-corrected chi connectivity index (χ0v) is 19.3. The van der Waals surface area contributed by atoms with Gasteiger partial charge in [0.2, 0.25) is 5.91 Å². The van der Waals surface area contributed by atoms with Gasteiger partial charge >= 0.3 is 12.1 Å². The molecule has 0 spiro atoms. The maximum Gasteiger partial charge on any atom is 0.407 e. The summed E-state index contributed by atoms with van der Waals surface area (Å²) in [6.45, 7) is 2.59. The lowest BCUT2D eigenvalue weighted by atomic mass is 9.98. The molecule has 2 aromatic rings. The number of unbranched alkanes of at least 4 members (excludes halogenated alkanes) is 1. The van der Waals surface area contributed by atoms with Crippen molar-refractivity contribution in [3.05, 3.63) is 59.7 Å². The fraction of sp³-hybridized carbons (Fsp3) is 0.423. The molecule has 0 heterocycles. The number of likely N-dealkylation sites (N-methyl/N-ethyl adjacent to an activating group) is 1. The normalized spacial score (nSPS) is 13.0. The molecule has 33 heavy (non-hydrogen) atoms. The van der Waals surface area contributed by atoms with E-state index in [4.69, 9.17) is 9.84 Å². The van der Waals surface area contributed by atoms with E-state index in [1.807, 2.05) is 31.2 Å². The summed E-state index contributed by atoms with van der Waals surface area (Å²) < 4.78 is 5.59.